The molecule has 0 fully saturated rings. The second-order valence-electron chi connectivity index (χ2n) is 5.82. The molecule has 3 heterocycles. The Balaban J connectivity index is 1.47. The Morgan fingerprint density at radius 1 is 0.926 bits per heavy atom. The summed E-state index contributed by atoms with van der Waals surface area (Å²) in [6.45, 7) is 0. The molecule has 7 heteroatoms. The molecule has 5 rings (SSSR count). The monoisotopic (exact) mass is 390 g/mol. The molecule has 0 aliphatic carbocycles. The van der Waals surface area contributed by atoms with Crippen LogP contribution in [0.15, 0.2) is 81.7 Å². The fraction of sp³-hybridized carbons (Fsp3) is 0.0500. The summed E-state index contributed by atoms with van der Waals surface area (Å²) in [5.74, 6) is 1.72. The lowest BCUT2D eigenvalue weighted by Crippen LogP contribution is -1.96. The highest BCUT2D eigenvalue weighted by atomic mass is 32.2. The summed E-state index contributed by atoms with van der Waals surface area (Å²) in [7, 11) is 0. The molecular weight excluding hydrogens is 376 g/mol. The Labute approximate surface area is 163 Å². The SMILES string of the molecule is c1ccc(-n2c(SCc3nnc(-c4cccs4)o3)nc3ccccc32)cc1. The van der Waals surface area contributed by atoms with Crippen LogP contribution in [0.3, 0.4) is 0 Å². The number of thiophene rings is 1. The first kappa shape index (κ1) is 16.3. The van der Waals surface area contributed by atoms with Gasteiger partial charge in [0.2, 0.25) is 5.89 Å². The van der Waals surface area contributed by atoms with Crippen molar-refractivity contribution in [2.45, 2.75) is 10.9 Å². The van der Waals surface area contributed by atoms with E-state index in [9.17, 15) is 0 Å². The Morgan fingerprint density at radius 3 is 2.63 bits per heavy atom. The molecule has 0 bridgehead atoms. The molecule has 0 unspecified atom stereocenters. The molecule has 132 valence electrons. The van der Waals surface area contributed by atoms with Crippen LogP contribution in [0.5, 0.6) is 0 Å². The number of thioether (sulfide) groups is 1. The molecule has 0 radical (unpaired) electrons. The number of benzene rings is 2. The predicted octanol–water partition coefficient (Wildman–Crippen LogP) is 5.43. The second kappa shape index (κ2) is 7.02. The predicted molar refractivity (Wildman–Crippen MR) is 108 cm³/mol. The van der Waals surface area contributed by atoms with E-state index < -0.39 is 0 Å². The summed E-state index contributed by atoms with van der Waals surface area (Å²) in [6.07, 6.45) is 0. The van der Waals surface area contributed by atoms with Gasteiger partial charge >= 0.3 is 0 Å². The summed E-state index contributed by atoms with van der Waals surface area (Å²) in [6, 6.07) is 22.3. The lowest BCUT2D eigenvalue weighted by Gasteiger charge is -2.08. The van der Waals surface area contributed by atoms with Gasteiger partial charge in [0, 0.05) is 5.69 Å². The largest absolute Gasteiger partial charge is 0.419 e. The van der Waals surface area contributed by atoms with E-state index >= 15 is 0 Å². The van der Waals surface area contributed by atoms with Crippen LogP contribution in [0.1, 0.15) is 5.89 Å². The molecule has 0 aliphatic rings. The van der Waals surface area contributed by atoms with Crippen LogP contribution in [-0.2, 0) is 5.75 Å². The normalized spacial score (nSPS) is 11.3. The first-order chi connectivity index (χ1) is 13.4. The Bertz CT molecular complexity index is 1180. The van der Waals surface area contributed by atoms with Crippen molar-refractivity contribution in [3.8, 4) is 16.5 Å². The van der Waals surface area contributed by atoms with Gasteiger partial charge in [0.05, 0.1) is 21.7 Å². The van der Waals surface area contributed by atoms with Crippen LogP contribution < -0.4 is 0 Å². The maximum Gasteiger partial charge on any atom is 0.257 e. The van der Waals surface area contributed by atoms with Gasteiger partial charge in [-0.15, -0.1) is 21.5 Å². The van der Waals surface area contributed by atoms with Crippen molar-refractivity contribution in [1.82, 2.24) is 19.7 Å². The minimum absolute atomic E-state index is 0.564. The molecule has 5 nitrogen and oxygen atoms in total. The maximum absolute atomic E-state index is 5.80. The number of aromatic nitrogens is 4. The zero-order valence-corrected chi connectivity index (χ0v) is 15.8. The number of para-hydroxylation sites is 3. The molecule has 2 aromatic carbocycles. The minimum atomic E-state index is 0.564. The van der Waals surface area contributed by atoms with E-state index in [1.165, 1.54) is 0 Å². The van der Waals surface area contributed by atoms with Crippen LogP contribution in [0.25, 0.3) is 27.5 Å². The van der Waals surface area contributed by atoms with Crippen molar-refractivity contribution in [3.05, 3.63) is 78.0 Å². The van der Waals surface area contributed by atoms with Gasteiger partial charge in [-0.3, -0.25) is 4.57 Å². The summed E-state index contributed by atoms with van der Waals surface area (Å²) in [5.41, 5.74) is 3.13. The highest BCUT2D eigenvalue weighted by Crippen LogP contribution is 2.30. The maximum atomic E-state index is 5.80. The number of hydrogen-bond donors (Lipinski definition) is 0. The van der Waals surface area contributed by atoms with Crippen LogP contribution in [0.4, 0.5) is 0 Å². The van der Waals surface area contributed by atoms with Crippen LogP contribution in [0, 0.1) is 0 Å². The van der Waals surface area contributed by atoms with E-state index in [0.29, 0.717) is 17.5 Å². The third kappa shape index (κ3) is 3.15. The molecule has 0 N–H and O–H groups in total. The molecule has 0 atom stereocenters. The zero-order chi connectivity index (χ0) is 18.1. The smallest absolute Gasteiger partial charge is 0.257 e. The zero-order valence-electron chi connectivity index (χ0n) is 14.1. The molecule has 3 aromatic heterocycles. The fourth-order valence-corrected chi connectivity index (χ4v) is 4.37. The topological polar surface area (TPSA) is 56.7 Å². The van der Waals surface area contributed by atoms with E-state index in [-0.39, 0.29) is 0 Å². The van der Waals surface area contributed by atoms with Gasteiger partial charge in [-0.2, -0.15) is 0 Å². The molecule has 0 amide bonds. The lowest BCUT2D eigenvalue weighted by atomic mass is 10.3. The van der Waals surface area contributed by atoms with Gasteiger partial charge in [-0.25, -0.2) is 4.98 Å². The molecule has 0 aliphatic heterocycles. The molecule has 0 saturated heterocycles. The first-order valence-corrected chi connectivity index (χ1v) is 10.3. The standard InChI is InChI=1S/C20H14N4OS2/c1-2-7-14(8-3-1)24-16-10-5-4-9-15(16)21-20(24)27-13-18-22-23-19(25-18)17-11-6-12-26-17/h1-12H,13H2. The van der Waals surface area contributed by atoms with E-state index in [0.717, 1.165) is 26.8 Å². The molecule has 0 spiro atoms. The Morgan fingerprint density at radius 2 is 1.78 bits per heavy atom. The number of hydrogen-bond acceptors (Lipinski definition) is 6. The van der Waals surface area contributed by atoms with Crippen LogP contribution in [0.2, 0.25) is 0 Å². The van der Waals surface area contributed by atoms with Gasteiger partial charge in [-0.1, -0.05) is 48.2 Å². The van der Waals surface area contributed by atoms with Crippen LogP contribution >= 0.6 is 23.1 Å². The third-order valence-electron chi connectivity index (χ3n) is 4.07. The number of nitrogens with zero attached hydrogens (tertiary/aromatic N) is 4. The van der Waals surface area contributed by atoms with Gasteiger partial charge in [0.25, 0.3) is 5.89 Å². The summed E-state index contributed by atoms with van der Waals surface area (Å²) >= 11 is 3.18. The molecule has 0 saturated carbocycles. The first-order valence-electron chi connectivity index (χ1n) is 8.40. The average Bonchev–Trinajstić information content (AvgIpc) is 3.45. The van der Waals surface area contributed by atoms with Gasteiger partial charge < -0.3 is 4.42 Å². The number of rotatable bonds is 5. The summed E-state index contributed by atoms with van der Waals surface area (Å²) in [5, 5.41) is 11.2. The Kier molecular flexibility index (Phi) is 4.23. The van der Waals surface area contributed by atoms with E-state index in [1.807, 2.05) is 53.9 Å². The molecule has 27 heavy (non-hydrogen) atoms. The van der Waals surface area contributed by atoms with E-state index in [1.54, 1.807) is 23.1 Å². The van der Waals surface area contributed by atoms with E-state index in [4.69, 9.17) is 9.40 Å². The van der Waals surface area contributed by atoms with Crippen molar-refractivity contribution in [3.63, 3.8) is 0 Å². The Hall–Kier alpha value is -2.90. The highest BCUT2D eigenvalue weighted by Gasteiger charge is 2.15. The average molecular weight is 390 g/mol. The lowest BCUT2D eigenvalue weighted by molar-refractivity contribution is 0.529. The van der Waals surface area contributed by atoms with Crippen LogP contribution in [-0.4, -0.2) is 19.7 Å². The van der Waals surface area contributed by atoms with Crippen molar-refractivity contribution in [1.29, 1.82) is 0 Å². The fourth-order valence-electron chi connectivity index (χ4n) is 2.87. The summed E-state index contributed by atoms with van der Waals surface area (Å²) < 4.78 is 7.96. The van der Waals surface area contributed by atoms with Gasteiger partial charge in [-0.05, 0) is 35.7 Å². The van der Waals surface area contributed by atoms with E-state index in [2.05, 4.69) is 33.0 Å². The van der Waals surface area contributed by atoms with Gasteiger partial charge in [0.1, 0.15) is 0 Å². The van der Waals surface area contributed by atoms with Gasteiger partial charge in [0.15, 0.2) is 5.16 Å². The summed E-state index contributed by atoms with van der Waals surface area (Å²) in [4.78, 5) is 5.78. The number of fused-ring (bicyclic) bond motifs is 1. The van der Waals surface area contributed by atoms with Crippen molar-refractivity contribution >= 4 is 34.1 Å². The minimum Gasteiger partial charge on any atom is -0.419 e. The molecule has 5 aromatic rings. The van der Waals surface area contributed by atoms with Crippen molar-refractivity contribution in [2.24, 2.45) is 0 Å². The highest BCUT2D eigenvalue weighted by molar-refractivity contribution is 7.98. The third-order valence-corrected chi connectivity index (χ3v) is 5.85. The number of imidazole rings is 1. The van der Waals surface area contributed by atoms with Crippen molar-refractivity contribution in [2.75, 3.05) is 0 Å². The second-order valence-corrected chi connectivity index (χ2v) is 7.71. The molecular formula is C20H14N4OS2. The quantitative estimate of drug-likeness (QED) is 0.375. The van der Waals surface area contributed by atoms with Crippen molar-refractivity contribution < 1.29 is 4.42 Å².